The van der Waals surface area contributed by atoms with E-state index in [1.165, 1.54) is 5.56 Å². The standard InChI is InChI=1S/C16H27NO/c1-5-16(13-17,11-12-18-15(2,3)4)14-9-7-6-8-10-14/h6-10H,5,11-13,17H2,1-4H3. The summed E-state index contributed by atoms with van der Waals surface area (Å²) in [5.41, 5.74) is 7.34. The van der Waals surface area contributed by atoms with Crippen LogP contribution in [0.5, 0.6) is 0 Å². The predicted molar refractivity (Wildman–Crippen MR) is 77.8 cm³/mol. The normalized spacial score (nSPS) is 15.4. The number of hydrogen-bond acceptors (Lipinski definition) is 2. The smallest absolute Gasteiger partial charge is 0.0598 e. The Balaban J connectivity index is 2.76. The largest absolute Gasteiger partial charge is 0.376 e. The first kappa shape index (κ1) is 15.2. The second kappa shape index (κ2) is 6.35. The summed E-state index contributed by atoms with van der Waals surface area (Å²) < 4.78 is 5.85. The van der Waals surface area contributed by atoms with Gasteiger partial charge in [-0.25, -0.2) is 0 Å². The number of benzene rings is 1. The summed E-state index contributed by atoms with van der Waals surface area (Å²) in [6.07, 6.45) is 2.02. The Hall–Kier alpha value is -0.860. The van der Waals surface area contributed by atoms with E-state index >= 15 is 0 Å². The lowest BCUT2D eigenvalue weighted by Gasteiger charge is -2.33. The van der Waals surface area contributed by atoms with Gasteiger partial charge in [0.2, 0.25) is 0 Å². The van der Waals surface area contributed by atoms with Crippen LogP contribution in [-0.2, 0) is 10.2 Å². The van der Waals surface area contributed by atoms with Gasteiger partial charge in [-0.1, -0.05) is 37.3 Å². The van der Waals surface area contributed by atoms with Crippen molar-refractivity contribution in [2.24, 2.45) is 5.73 Å². The molecule has 0 aromatic heterocycles. The van der Waals surface area contributed by atoms with Gasteiger partial charge in [-0.05, 0) is 39.2 Å². The lowest BCUT2D eigenvalue weighted by atomic mass is 9.75. The molecule has 0 aliphatic rings. The molecule has 1 aromatic carbocycles. The molecule has 2 heteroatoms. The van der Waals surface area contributed by atoms with Crippen LogP contribution in [0.25, 0.3) is 0 Å². The second-order valence-corrected chi connectivity index (χ2v) is 5.91. The minimum absolute atomic E-state index is 0.0481. The van der Waals surface area contributed by atoms with E-state index in [0.29, 0.717) is 6.54 Å². The number of ether oxygens (including phenoxy) is 1. The Kier molecular flexibility index (Phi) is 5.36. The molecule has 0 aliphatic carbocycles. The molecule has 1 unspecified atom stereocenters. The van der Waals surface area contributed by atoms with Crippen molar-refractivity contribution in [3.63, 3.8) is 0 Å². The van der Waals surface area contributed by atoms with Crippen LogP contribution in [0.3, 0.4) is 0 Å². The van der Waals surface area contributed by atoms with E-state index in [1.54, 1.807) is 0 Å². The monoisotopic (exact) mass is 249 g/mol. The van der Waals surface area contributed by atoms with Crippen molar-refractivity contribution in [3.8, 4) is 0 Å². The highest BCUT2D eigenvalue weighted by atomic mass is 16.5. The van der Waals surface area contributed by atoms with Gasteiger partial charge in [0.25, 0.3) is 0 Å². The Morgan fingerprint density at radius 2 is 1.72 bits per heavy atom. The van der Waals surface area contributed by atoms with Gasteiger partial charge in [-0.15, -0.1) is 0 Å². The van der Waals surface area contributed by atoms with Crippen molar-refractivity contribution < 1.29 is 4.74 Å². The first-order valence-electron chi connectivity index (χ1n) is 6.83. The minimum atomic E-state index is -0.0786. The average Bonchev–Trinajstić information content (AvgIpc) is 2.35. The lowest BCUT2D eigenvalue weighted by Crippen LogP contribution is -2.36. The third-order valence-corrected chi connectivity index (χ3v) is 3.57. The summed E-state index contributed by atoms with van der Waals surface area (Å²) in [7, 11) is 0. The molecule has 2 N–H and O–H groups in total. The van der Waals surface area contributed by atoms with Crippen LogP contribution in [0.15, 0.2) is 30.3 Å². The molecule has 0 heterocycles. The van der Waals surface area contributed by atoms with Crippen LogP contribution in [0.1, 0.15) is 46.1 Å². The number of hydrogen-bond donors (Lipinski definition) is 1. The zero-order chi connectivity index (χ0) is 13.6. The van der Waals surface area contributed by atoms with Gasteiger partial charge in [-0.2, -0.15) is 0 Å². The maximum absolute atomic E-state index is 6.04. The fourth-order valence-electron chi connectivity index (χ4n) is 2.23. The molecular formula is C16H27NO. The number of nitrogens with two attached hydrogens (primary N) is 1. The Labute approximate surface area is 112 Å². The van der Waals surface area contributed by atoms with Gasteiger partial charge in [0.1, 0.15) is 0 Å². The van der Waals surface area contributed by atoms with Crippen molar-refractivity contribution in [1.82, 2.24) is 0 Å². The zero-order valence-electron chi connectivity index (χ0n) is 12.2. The molecule has 0 bridgehead atoms. The van der Waals surface area contributed by atoms with Gasteiger partial charge >= 0.3 is 0 Å². The molecule has 18 heavy (non-hydrogen) atoms. The van der Waals surface area contributed by atoms with E-state index < -0.39 is 0 Å². The second-order valence-electron chi connectivity index (χ2n) is 5.91. The molecule has 0 aliphatic heterocycles. The van der Waals surface area contributed by atoms with Crippen LogP contribution < -0.4 is 5.73 Å². The van der Waals surface area contributed by atoms with Gasteiger partial charge in [0.15, 0.2) is 0 Å². The first-order chi connectivity index (χ1) is 8.43. The summed E-state index contributed by atoms with van der Waals surface area (Å²) in [5, 5.41) is 0. The third kappa shape index (κ3) is 4.11. The van der Waals surface area contributed by atoms with Crippen LogP contribution in [0.2, 0.25) is 0 Å². The molecule has 0 saturated carbocycles. The molecular weight excluding hydrogens is 222 g/mol. The van der Waals surface area contributed by atoms with Crippen molar-refractivity contribution in [2.75, 3.05) is 13.2 Å². The van der Waals surface area contributed by atoms with Gasteiger partial charge < -0.3 is 10.5 Å². The lowest BCUT2D eigenvalue weighted by molar-refractivity contribution is -0.0117. The minimum Gasteiger partial charge on any atom is -0.376 e. The average molecular weight is 249 g/mol. The summed E-state index contributed by atoms with van der Waals surface area (Å²) in [5.74, 6) is 0. The summed E-state index contributed by atoms with van der Waals surface area (Å²) in [4.78, 5) is 0. The molecule has 1 aromatic rings. The highest BCUT2D eigenvalue weighted by molar-refractivity contribution is 5.25. The highest BCUT2D eigenvalue weighted by Gasteiger charge is 2.29. The van der Waals surface area contributed by atoms with Crippen LogP contribution >= 0.6 is 0 Å². The van der Waals surface area contributed by atoms with Crippen molar-refractivity contribution in [1.29, 1.82) is 0 Å². The molecule has 1 atom stereocenters. The van der Waals surface area contributed by atoms with Crippen LogP contribution in [0, 0.1) is 0 Å². The quantitative estimate of drug-likeness (QED) is 0.837. The topological polar surface area (TPSA) is 35.2 Å². The molecule has 0 radical (unpaired) electrons. The van der Waals surface area contributed by atoms with E-state index in [4.69, 9.17) is 10.5 Å². The van der Waals surface area contributed by atoms with E-state index in [2.05, 4.69) is 52.0 Å². The van der Waals surface area contributed by atoms with E-state index in [0.717, 1.165) is 19.4 Å². The highest BCUT2D eigenvalue weighted by Crippen LogP contribution is 2.31. The van der Waals surface area contributed by atoms with Crippen molar-refractivity contribution in [3.05, 3.63) is 35.9 Å². The Morgan fingerprint density at radius 1 is 1.11 bits per heavy atom. The fourth-order valence-corrected chi connectivity index (χ4v) is 2.23. The van der Waals surface area contributed by atoms with Crippen LogP contribution in [-0.4, -0.2) is 18.8 Å². The molecule has 0 saturated heterocycles. The van der Waals surface area contributed by atoms with Crippen molar-refractivity contribution >= 4 is 0 Å². The van der Waals surface area contributed by atoms with Gasteiger partial charge in [0, 0.05) is 18.6 Å². The van der Waals surface area contributed by atoms with E-state index in [-0.39, 0.29) is 11.0 Å². The molecule has 0 fully saturated rings. The molecule has 102 valence electrons. The Morgan fingerprint density at radius 3 is 2.17 bits per heavy atom. The Bertz CT molecular complexity index is 336. The fraction of sp³-hybridized carbons (Fsp3) is 0.625. The molecule has 1 rings (SSSR count). The SMILES string of the molecule is CCC(CN)(CCOC(C)(C)C)c1ccccc1. The maximum Gasteiger partial charge on any atom is 0.0598 e. The summed E-state index contributed by atoms with van der Waals surface area (Å²) in [6.45, 7) is 9.89. The predicted octanol–water partition coefficient (Wildman–Crippen LogP) is 3.50. The summed E-state index contributed by atoms with van der Waals surface area (Å²) >= 11 is 0. The molecule has 0 spiro atoms. The van der Waals surface area contributed by atoms with E-state index in [9.17, 15) is 0 Å². The third-order valence-electron chi connectivity index (χ3n) is 3.57. The first-order valence-corrected chi connectivity index (χ1v) is 6.83. The van der Waals surface area contributed by atoms with Gasteiger partial charge in [-0.3, -0.25) is 0 Å². The van der Waals surface area contributed by atoms with Crippen molar-refractivity contribution in [2.45, 2.75) is 51.6 Å². The maximum atomic E-state index is 6.04. The summed E-state index contributed by atoms with van der Waals surface area (Å²) in [6, 6.07) is 10.6. The van der Waals surface area contributed by atoms with E-state index in [1.807, 2.05) is 6.07 Å². The van der Waals surface area contributed by atoms with Gasteiger partial charge in [0.05, 0.1) is 5.60 Å². The number of rotatable bonds is 6. The molecule has 0 amide bonds. The molecule has 2 nitrogen and oxygen atoms in total. The van der Waals surface area contributed by atoms with Crippen LogP contribution in [0.4, 0.5) is 0 Å². The zero-order valence-corrected chi connectivity index (χ0v) is 12.2.